The second kappa shape index (κ2) is 10.8. The average Bonchev–Trinajstić information content (AvgIpc) is 2.80. The van der Waals surface area contributed by atoms with Crippen LogP contribution in [0.5, 0.6) is 5.75 Å². The van der Waals surface area contributed by atoms with E-state index in [0.29, 0.717) is 23.9 Å². The number of anilines is 2. The van der Waals surface area contributed by atoms with Gasteiger partial charge in [0.25, 0.3) is 15.9 Å². The summed E-state index contributed by atoms with van der Waals surface area (Å²) in [6, 6.07) is 13.6. The van der Waals surface area contributed by atoms with E-state index in [1.807, 2.05) is 32.0 Å². The molecule has 192 valence electrons. The highest BCUT2D eigenvalue weighted by molar-refractivity contribution is 7.92. The molecule has 2 N–H and O–H groups in total. The van der Waals surface area contributed by atoms with Crippen molar-refractivity contribution in [2.24, 2.45) is 0 Å². The van der Waals surface area contributed by atoms with Crippen molar-refractivity contribution < 1.29 is 31.1 Å². The molecule has 0 fully saturated rings. The van der Waals surface area contributed by atoms with Crippen molar-refractivity contribution in [3.05, 3.63) is 82.4 Å². The molecule has 1 amide bonds. The molecule has 0 saturated heterocycles. The first kappa shape index (κ1) is 27.3. The van der Waals surface area contributed by atoms with Crippen LogP contribution in [0.3, 0.4) is 0 Å². The number of halogens is 4. The monoisotopic (exact) mass is 540 g/mol. The highest BCUT2D eigenvalue weighted by Crippen LogP contribution is 2.36. The SMILES string of the molecule is CCC(Oc1cc(C)ccc1C)C(=O)Nc1ccc(S(=O)(=O)Nc2ccc(Cl)c(C(F)(F)F)c2)cc1. The molecule has 0 saturated carbocycles. The Morgan fingerprint density at radius 1 is 1.00 bits per heavy atom. The van der Waals surface area contributed by atoms with Crippen LogP contribution in [0, 0.1) is 13.8 Å². The lowest BCUT2D eigenvalue weighted by Gasteiger charge is -2.19. The highest BCUT2D eigenvalue weighted by atomic mass is 35.5. The Bertz CT molecular complexity index is 1360. The lowest BCUT2D eigenvalue weighted by atomic mass is 10.1. The summed E-state index contributed by atoms with van der Waals surface area (Å²) in [4.78, 5) is 12.5. The third kappa shape index (κ3) is 6.70. The van der Waals surface area contributed by atoms with Gasteiger partial charge < -0.3 is 10.1 Å². The third-order valence-corrected chi connectivity index (χ3v) is 6.96. The molecule has 3 aromatic carbocycles. The molecule has 3 aromatic rings. The summed E-state index contributed by atoms with van der Waals surface area (Å²) < 4.78 is 72.5. The van der Waals surface area contributed by atoms with Gasteiger partial charge in [-0.3, -0.25) is 9.52 Å². The Balaban J connectivity index is 1.71. The van der Waals surface area contributed by atoms with Gasteiger partial charge in [-0.2, -0.15) is 13.2 Å². The van der Waals surface area contributed by atoms with E-state index >= 15 is 0 Å². The van der Waals surface area contributed by atoms with E-state index in [0.717, 1.165) is 23.3 Å². The normalized spacial score (nSPS) is 12.6. The molecule has 0 spiro atoms. The Morgan fingerprint density at radius 3 is 2.25 bits per heavy atom. The zero-order valence-corrected chi connectivity index (χ0v) is 21.2. The molecule has 0 bridgehead atoms. The molecular formula is C25H24ClF3N2O4S. The molecule has 0 aliphatic heterocycles. The number of carbonyl (C=O) groups excluding carboxylic acids is 1. The van der Waals surface area contributed by atoms with Gasteiger partial charge in [-0.15, -0.1) is 0 Å². The fourth-order valence-electron chi connectivity index (χ4n) is 3.27. The van der Waals surface area contributed by atoms with Crippen molar-refractivity contribution in [3.63, 3.8) is 0 Å². The first-order chi connectivity index (χ1) is 16.8. The van der Waals surface area contributed by atoms with Gasteiger partial charge in [0.05, 0.1) is 15.5 Å². The van der Waals surface area contributed by atoms with Crippen LogP contribution in [0.25, 0.3) is 0 Å². The Hall–Kier alpha value is -3.24. The maximum absolute atomic E-state index is 13.1. The van der Waals surface area contributed by atoms with E-state index in [1.165, 1.54) is 24.3 Å². The van der Waals surface area contributed by atoms with Gasteiger partial charge in [0.15, 0.2) is 6.10 Å². The Kier molecular flexibility index (Phi) is 8.20. The Labute approximate surface area is 212 Å². The molecule has 1 unspecified atom stereocenters. The molecule has 0 aliphatic carbocycles. The predicted octanol–water partition coefficient (Wildman–Crippen LogP) is 6.57. The van der Waals surface area contributed by atoms with E-state index in [4.69, 9.17) is 16.3 Å². The number of rotatable bonds is 8. The van der Waals surface area contributed by atoms with Crippen LogP contribution in [-0.4, -0.2) is 20.4 Å². The topological polar surface area (TPSA) is 84.5 Å². The van der Waals surface area contributed by atoms with E-state index in [9.17, 15) is 26.4 Å². The number of nitrogens with one attached hydrogen (secondary N) is 2. The number of aryl methyl sites for hydroxylation is 2. The van der Waals surface area contributed by atoms with Crippen LogP contribution in [-0.2, 0) is 21.0 Å². The number of hydrogen-bond donors (Lipinski definition) is 2. The van der Waals surface area contributed by atoms with Gasteiger partial charge in [-0.05, 0) is 79.9 Å². The zero-order valence-electron chi connectivity index (χ0n) is 19.6. The number of benzene rings is 3. The first-order valence-electron chi connectivity index (χ1n) is 10.8. The Morgan fingerprint density at radius 2 is 1.64 bits per heavy atom. The van der Waals surface area contributed by atoms with Crippen LogP contribution >= 0.6 is 11.6 Å². The fourth-order valence-corrected chi connectivity index (χ4v) is 4.54. The molecule has 0 aliphatic rings. The summed E-state index contributed by atoms with van der Waals surface area (Å²) in [6.07, 6.45) is -5.11. The summed E-state index contributed by atoms with van der Waals surface area (Å²) in [5.41, 5.74) is 0.753. The van der Waals surface area contributed by atoms with E-state index in [2.05, 4.69) is 10.0 Å². The van der Waals surface area contributed by atoms with Crippen molar-refractivity contribution in [2.75, 3.05) is 10.0 Å². The molecular weight excluding hydrogens is 517 g/mol. The summed E-state index contributed by atoms with van der Waals surface area (Å²) in [5.74, 6) is 0.188. The van der Waals surface area contributed by atoms with E-state index in [1.54, 1.807) is 6.92 Å². The van der Waals surface area contributed by atoms with Gasteiger partial charge in [0, 0.05) is 11.4 Å². The van der Waals surface area contributed by atoms with Gasteiger partial charge in [0.1, 0.15) is 5.75 Å². The van der Waals surface area contributed by atoms with Crippen LogP contribution in [0.1, 0.15) is 30.0 Å². The lowest BCUT2D eigenvalue weighted by Crippen LogP contribution is -2.32. The minimum atomic E-state index is -4.74. The second-order valence-corrected chi connectivity index (χ2v) is 10.2. The quantitative estimate of drug-likeness (QED) is 0.338. The van der Waals surface area contributed by atoms with Gasteiger partial charge >= 0.3 is 6.18 Å². The van der Waals surface area contributed by atoms with Crippen LogP contribution < -0.4 is 14.8 Å². The van der Waals surface area contributed by atoms with E-state index < -0.39 is 38.8 Å². The minimum absolute atomic E-state index is 0.206. The van der Waals surface area contributed by atoms with E-state index in [-0.39, 0.29) is 10.6 Å². The maximum Gasteiger partial charge on any atom is 0.417 e. The average molecular weight is 541 g/mol. The highest BCUT2D eigenvalue weighted by Gasteiger charge is 2.33. The molecule has 36 heavy (non-hydrogen) atoms. The first-order valence-corrected chi connectivity index (χ1v) is 12.7. The predicted molar refractivity (Wildman–Crippen MR) is 133 cm³/mol. The molecule has 0 radical (unpaired) electrons. The van der Waals surface area contributed by atoms with Gasteiger partial charge in [-0.25, -0.2) is 8.42 Å². The van der Waals surface area contributed by atoms with Gasteiger partial charge in [-0.1, -0.05) is 30.7 Å². The molecule has 0 heterocycles. The fraction of sp³-hybridized carbons (Fsp3) is 0.240. The zero-order chi connectivity index (χ0) is 26.7. The van der Waals surface area contributed by atoms with Crippen LogP contribution in [0.2, 0.25) is 5.02 Å². The summed E-state index contributed by atoms with van der Waals surface area (Å²) in [6.45, 7) is 5.60. The summed E-state index contributed by atoms with van der Waals surface area (Å²) in [5, 5.41) is 2.14. The lowest BCUT2D eigenvalue weighted by molar-refractivity contribution is -0.137. The third-order valence-electron chi connectivity index (χ3n) is 5.23. The van der Waals surface area contributed by atoms with Crippen molar-refractivity contribution in [1.82, 2.24) is 0 Å². The largest absolute Gasteiger partial charge is 0.480 e. The molecule has 11 heteroatoms. The van der Waals surface area contributed by atoms with Crippen molar-refractivity contribution in [2.45, 2.75) is 44.4 Å². The number of hydrogen-bond acceptors (Lipinski definition) is 4. The van der Waals surface area contributed by atoms with Crippen LogP contribution in [0.15, 0.2) is 65.6 Å². The summed E-state index contributed by atoms with van der Waals surface area (Å²) in [7, 11) is -4.20. The number of amides is 1. The van der Waals surface area contributed by atoms with Crippen LogP contribution in [0.4, 0.5) is 24.5 Å². The maximum atomic E-state index is 13.1. The number of ether oxygens (including phenoxy) is 1. The van der Waals surface area contributed by atoms with Crippen molar-refractivity contribution in [3.8, 4) is 5.75 Å². The standard InChI is InChI=1S/C25H24ClF3N2O4S/c1-4-22(35-23-13-15(2)5-6-16(23)3)24(32)30-17-7-10-19(11-8-17)36(33,34)31-18-9-12-21(26)20(14-18)25(27,28)29/h5-14,22,31H,4H2,1-3H3,(H,30,32). The van der Waals surface area contributed by atoms with Crippen molar-refractivity contribution >= 4 is 38.9 Å². The number of carbonyl (C=O) groups is 1. The number of sulfonamides is 1. The minimum Gasteiger partial charge on any atom is -0.480 e. The molecule has 0 aromatic heterocycles. The summed E-state index contributed by atoms with van der Waals surface area (Å²) >= 11 is 5.58. The molecule has 1 atom stereocenters. The molecule has 3 rings (SSSR count). The van der Waals surface area contributed by atoms with Gasteiger partial charge in [0.2, 0.25) is 0 Å². The van der Waals surface area contributed by atoms with Crippen molar-refractivity contribution in [1.29, 1.82) is 0 Å². The molecule has 6 nitrogen and oxygen atoms in total. The second-order valence-electron chi connectivity index (χ2n) is 8.10. The number of alkyl halides is 3. The smallest absolute Gasteiger partial charge is 0.417 e.